The number of anilines is 1. The summed E-state index contributed by atoms with van der Waals surface area (Å²) in [4.78, 5) is 35.6. The summed E-state index contributed by atoms with van der Waals surface area (Å²) in [5, 5.41) is 3.27. The molecule has 1 saturated heterocycles. The first kappa shape index (κ1) is 22.7. The lowest BCUT2D eigenvalue weighted by Crippen LogP contribution is -2.45. The lowest BCUT2D eigenvalue weighted by atomic mass is 9.80. The third-order valence-corrected chi connectivity index (χ3v) is 7.02. The second kappa shape index (κ2) is 9.19. The maximum atomic E-state index is 12.6. The minimum atomic E-state index is -0.563. The predicted molar refractivity (Wildman–Crippen MR) is 128 cm³/mol. The van der Waals surface area contributed by atoms with Gasteiger partial charge in [-0.3, -0.25) is 15.1 Å². The van der Waals surface area contributed by atoms with Crippen LogP contribution in [0.5, 0.6) is 5.75 Å². The Balaban J connectivity index is 1.52. The average Bonchev–Trinajstić information content (AvgIpc) is 3.49. The van der Waals surface area contributed by atoms with E-state index in [-0.39, 0.29) is 11.4 Å². The van der Waals surface area contributed by atoms with E-state index in [2.05, 4.69) is 29.1 Å². The lowest BCUT2D eigenvalue weighted by Gasteiger charge is -2.25. The van der Waals surface area contributed by atoms with Crippen LogP contribution in [0.15, 0.2) is 48.8 Å². The molecule has 1 fully saturated rings. The highest BCUT2D eigenvalue weighted by atomic mass is 32.1. The molecule has 172 valence electrons. The number of aromatic nitrogens is 2. The summed E-state index contributed by atoms with van der Waals surface area (Å²) in [6.45, 7) is 4.76. The van der Waals surface area contributed by atoms with Crippen LogP contribution < -0.4 is 15.8 Å². The Morgan fingerprint density at radius 2 is 1.97 bits per heavy atom. The zero-order chi connectivity index (χ0) is 23.6. The van der Waals surface area contributed by atoms with Gasteiger partial charge in [0.15, 0.2) is 5.13 Å². The molecule has 3 heterocycles. The zero-order valence-electron chi connectivity index (χ0n) is 18.9. The van der Waals surface area contributed by atoms with E-state index in [4.69, 9.17) is 10.5 Å². The monoisotopic (exact) mass is 465 g/mol. The predicted octanol–water partition coefficient (Wildman–Crippen LogP) is 4.02. The molecule has 9 heteroatoms. The number of likely N-dealkylation sites (tertiary alicyclic amines) is 1. The molecule has 0 spiro atoms. The van der Waals surface area contributed by atoms with Crippen molar-refractivity contribution in [2.24, 2.45) is 5.73 Å². The molecular formula is C24H27N5O3S. The number of thiazole rings is 1. The van der Waals surface area contributed by atoms with Crippen molar-refractivity contribution in [2.75, 3.05) is 19.0 Å². The van der Waals surface area contributed by atoms with Crippen LogP contribution in [0.4, 0.5) is 9.93 Å². The second-order valence-electron chi connectivity index (χ2n) is 8.50. The highest BCUT2D eigenvalue weighted by Crippen LogP contribution is 2.35. The SMILES string of the molecule is COc1ccc(C(C)(C)c2cc(-c3cnc(NC(=O)N4CCC[C@H]4C(N)=O)s3)ccn2)cc1. The van der Waals surface area contributed by atoms with Gasteiger partial charge in [-0.15, -0.1) is 0 Å². The molecule has 0 unspecified atom stereocenters. The first-order valence-corrected chi connectivity index (χ1v) is 11.6. The first-order chi connectivity index (χ1) is 15.8. The average molecular weight is 466 g/mol. The van der Waals surface area contributed by atoms with Crippen LogP contribution in [0.1, 0.15) is 37.9 Å². The number of nitrogens with two attached hydrogens (primary N) is 1. The van der Waals surface area contributed by atoms with Crippen LogP contribution in [0, 0.1) is 0 Å². The van der Waals surface area contributed by atoms with Crippen LogP contribution in [-0.4, -0.2) is 46.5 Å². The molecule has 3 N–H and O–H groups in total. The molecule has 3 aromatic rings. The molecule has 0 saturated carbocycles. The quantitative estimate of drug-likeness (QED) is 0.571. The third-order valence-electron chi connectivity index (χ3n) is 6.06. The smallest absolute Gasteiger partial charge is 0.324 e. The van der Waals surface area contributed by atoms with E-state index in [1.165, 1.54) is 16.2 Å². The molecule has 1 atom stereocenters. The van der Waals surface area contributed by atoms with Crippen molar-refractivity contribution in [1.29, 1.82) is 0 Å². The van der Waals surface area contributed by atoms with Crippen molar-refractivity contribution in [1.82, 2.24) is 14.9 Å². The Morgan fingerprint density at radius 3 is 2.67 bits per heavy atom. The maximum absolute atomic E-state index is 12.6. The molecule has 4 rings (SSSR count). The Morgan fingerprint density at radius 1 is 1.21 bits per heavy atom. The summed E-state index contributed by atoms with van der Waals surface area (Å²) in [6, 6.07) is 11.0. The molecular weight excluding hydrogens is 438 g/mol. The van der Waals surface area contributed by atoms with E-state index in [0.29, 0.717) is 18.1 Å². The van der Waals surface area contributed by atoms with Crippen LogP contribution in [0.3, 0.4) is 0 Å². The van der Waals surface area contributed by atoms with Gasteiger partial charge in [0.05, 0.1) is 17.7 Å². The van der Waals surface area contributed by atoms with Gasteiger partial charge in [-0.25, -0.2) is 9.78 Å². The zero-order valence-corrected chi connectivity index (χ0v) is 19.7. The molecule has 2 aromatic heterocycles. The number of primary amides is 1. The van der Waals surface area contributed by atoms with E-state index >= 15 is 0 Å². The Kier molecular flexibility index (Phi) is 6.33. The Bertz CT molecular complexity index is 1160. The van der Waals surface area contributed by atoms with Crippen molar-refractivity contribution in [2.45, 2.75) is 38.1 Å². The standard InChI is InChI=1S/C24H27N5O3S/c1-24(2,16-6-8-17(32-3)9-7-16)20-13-15(10-11-26-20)19-14-27-22(33-19)28-23(31)29-12-4-5-18(29)21(25)30/h6-11,13-14,18H,4-5,12H2,1-3H3,(H2,25,30)(H,27,28,31)/t18-/m0/s1. The summed E-state index contributed by atoms with van der Waals surface area (Å²) in [5.41, 5.74) is 8.12. The fourth-order valence-corrected chi connectivity index (χ4v) is 4.82. The highest BCUT2D eigenvalue weighted by molar-refractivity contribution is 7.19. The number of benzene rings is 1. The van der Waals surface area contributed by atoms with E-state index in [1.54, 1.807) is 19.5 Å². The summed E-state index contributed by atoms with van der Waals surface area (Å²) < 4.78 is 5.27. The molecule has 3 amide bonds. The molecule has 8 nitrogen and oxygen atoms in total. The third kappa shape index (κ3) is 4.68. The number of carbonyl (C=O) groups excluding carboxylic acids is 2. The normalized spacial score (nSPS) is 16.0. The number of nitrogens with one attached hydrogen (secondary N) is 1. The summed E-state index contributed by atoms with van der Waals surface area (Å²) >= 11 is 1.37. The number of hydrogen-bond donors (Lipinski definition) is 2. The van der Waals surface area contributed by atoms with E-state index in [9.17, 15) is 9.59 Å². The fraction of sp³-hybridized carbons (Fsp3) is 0.333. The molecule has 0 radical (unpaired) electrons. The molecule has 1 aliphatic heterocycles. The van der Waals surface area contributed by atoms with Gasteiger partial charge < -0.3 is 15.4 Å². The van der Waals surface area contributed by atoms with E-state index in [0.717, 1.165) is 33.9 Å². The molecule has 1 aliphatic rings. The number of pyridine rings is 1. The van der Waals surface area contributed by atoms with E-state index < -0.39 is 11.9 Å². The molecule has 33 heavy (non-hydrogen) atoms. The van der Waals surface area contributed by atoms with Crippen LogP contribution in [0.25, 0.3) is 10.4 Å². The number of amides is 3. The number of hydrogen-bond acceptors (Lipinski definition) is 6. The van der Waals surface area contributed by atoms with Gasteiger partial charge in [0.25, 0.3) is 0 Å². The molecule has 1 aromatic carbocycles. The first-order valence-electron chi connectivity index (χ1n) is 10.7. The number of rotatable bonds is 6. The van der Waals surface area contributed by atoms with Gasteiger partial charge in [0, 0.05) is 24.4 Å². The van der Waals surface area contributed by atoms with Crippen molar-refractivity contribution >= 4 is 28.4 Å². The Hall–Kier alpha value is -3.46. The van der Waals surface area contributed by atoms with Crippen molar-refractivity contribution in [3.63, 3.8) is 0 Å². The lowest BCUT2D eigenvalue weighted by molar-refractivity contribution is -0.121. The topological polar surface area (TPSA) is 110 Å². The van der Waals surface area contributed by atoms with Gasteiger partial charge in [-0.05, 0) is 48.2 Å². The summed E-state index contributed by atoms with van der Waals surface area (Å²) in [7, 11) is 1.65. The number of nitrogens with zero attached hydrogens (tertiary/aromatic N) is 3. The Labute approximate surface area is 196 Å². The van der Waals surface area contributed by atoms with Gasteiger partial charge in [-0.2, -0.15) is 0 Å². The maximum Gasteiger partial charge on any atom is 0.324 e. The van der Waals surface area contributed by atoms with Gasteiger partial charge in [0.2, 0.25) is 5.91 Å². The highest BCUT2D eigenvalue weighted by Gasteiger charge is 2.33. The number of methoxy groups -OCH3 is 1. The van der Waals surface area contributed by atoms with Gasteiger partial charge in [-0.1, -0.05) is 37.3 Å². The van der Waals surface area contributed by atoms with Gasteiger partial charge >= 0.3 is 6.03 Å². The second-order valence-corrected chi connectivity index (χ2v) is 9.53. The largest absolute Gasteiger partial charge is 0.497 e. The molecule has 0 aliphatic carbocycles. The van der Waals surface area contributed by atoms with Crippen LogP contribution in [0.2, 0.25) is 0 Å². The number of ether oxygens (including phenoxy) is 1. The van der Waals surface area contributed by atoms with Crippen LogP contribution >= 0.6 is 11.3 Å². The fourth-order valence-electron chi connectivity index (χ4n) is 4.02. The van der Waals surface area contributed by atoms with Crippen molar-refractivity contribution < 1.29 is 14.3 Å². The van der Waals surface area contributed by atoms with Crippen molar-refractivity contribution in [3.05, 3.63) is 60.0 Å². The number of carbonyl (C=O) groups is 2. The summed E-state index contributed by atoms with van der Waals surface area (Å²) in [5.74, 6) is 0.331. The van der Waals surface area contributed by atoms with E-state index in [1.807, 2.05) is 36.4 Å². The minimum absolute atomic E-state index is 0.316. The summed E-state index contributed by atoms with van der Waals surface area (Å²) in [6.07, 6.45) is 4.87. The number of urea groups is 1. The van der Waals surface area contributed by atoms with Crippen molar-refractivity contribution in [3.8, 4) is 16.2 Å². The van der Waals surface area contributed by atoms with Crippen LogP contribution in [-0.2, 0) is 10.2 Å². The molecule has 0 bridgehead atoms. The minimum Gasteiger partial charge on any atom is -0.497 e. The van der Waals surface area contributed by atoms with Gasteiger partial charge in [0.1, 0.15) is 11.8 Å².